The Balaban J connectivity index is 4.09. The van der Waals surface area contributed by atoms with Gasteiger partial charge in [-0.05, 0) is 12.8 Å². The van der Waals surface area contributed by atoms with Gasteiger partial charge in [-0.1, -0.05) is 13.8 Å². The molecule has 0 heterocycles. The lowest BCUT2D eigenvalue weighted by Gasteiger charge is -2.19. The Kier molecular flexibility index (Phi) is 5.67. The van der Waals surface area contributed by atoms with E-state index in [1.807, 2.05) is 13.8 Å². The van der Waals surface area contributed by atoms with E-state index in [4.69, 9.17) is 5.11 Å². The number of ether oxygens (including phenoxy) is 1. The largest absolute Gasteiger partial charge is 0.481 e. The van der Waals surface area contributed by atoms with Crippen molar-refractivity contribution in [3.8, 4) is 0 Å². The minimum atomic E-state index is -0.930. The molecule has 2 N–H and O–H groups in total. The van der Waals surface area contributed by atoms with Crippen molar-refractivity contribution in [2.45, 2.75) is 33.2 Å². The van der Waals surface area contributed by atoms with Crippen molar-refractivity contribution in [3.63, 3.8) is 0 Å². The predicted octanol–water partition coefficient (Wildman–Crippen LogP) is 1.23. The Morgan fingerprint density at radius 3 is 2.36 bits per heavy atom. The number of carbonyl (C=O) groups is 2. The molecule has 5 heteroatoms. The fourth-order valence-corrected chi connectivity index (χ4v) is 0.966. The molecule has 0 saturated carbocycles. The van der Waals surface area contributed by atoms with Crippen molar-refractivity contribution >= 4 is 12.1 Å². The number of carbonyl (C=O) groups excluding carboxylic acids is 1. The highest BCUT2D eigenvalue weighted by Crippen LogP contribution is 2.06. The zero-order valence-corrected chi connectivity index (χ0v) is 8.74. The topological polar surface area (TPSA) is 75.6 Å². The van der Waals surface area contributed by atoms with Crippen LogP contribution in [-0.4, -0.2) is 29.8 Å². The number of hydrogen-bond acceptors (Lipinski definition) is 3. The van der Waals surface area contributed by atoms with Gasteiger partial charge in [-0.15, -0.1) is 0 Å². The molecule has 0 aromatic heterocycles. The zero-order valence-electron chi connectivity index (χ0n) is 8.74. The average molecular weight is 203 g/mol. The Hall–Kier alpha value is -1.26. The fraction of sp³-hybridized carbons (Fsp3) is 0.778. The van der Waals surface area contributed by atoms with E-state index in [-0.39, 0.29) is 25.0 Å². The molecule has 5 nitrogen and oxygen atoms in total. The van der Waals surface area contributed by atoms with Gasteiger partial charge >= 0.3 is 12.1 Å². The van der Waals surface area contributed by atoms with Crippen LogP contribution in [0.3, 0.4) is 0 Å². The van der Waals surface area contributed by atoms with Gasteiger partial charge in [0.25, 0.3) is 0 Å². The molecule has 0 bridgehead atoms. The summed E-state index contributed by atoms with van der Waals surface area (Å²) in [5.41, 5.74) is 0. The van der Waals surface area contributed by atoms with Gasteiger partial charge in [0.1, 0.15) is 0 Å². The molecule has 0 saturated heterocycles. The number of amides is 1. The molecule has 0 radical (unpaired) electrons. The highest BCUT2D eigenvalue weighted by atomic mass is 16.5. The maximum absolute atomic E-state index is 11.0. The van der Waals surface area contributed by atoms with E-state index < -0.39 is 12.1 Å². The van der Waals surface area contributed by atoms with Crippen LogP contribution in [0, 0.1) is 5.92 Å². The minimum absolute atomic E-state index is 0.0653. The average Bonchev–Trinajstić information content (AvgIpc) is 2.02. The van der Waals surface area contributed by atoms with E-state index in [9.17, 15) is 9.59 Å². The van der Waals surface area contributed by atoms with Crippen LogP contribution < -0.4 is 5.32 Å². The molecule has 82 valence electrons. The first-order valence-corrected chi connectivity index (χ1v) is 4.62. The lowest BCUT2D eigenvalue weighted by atomic mass is 10.0. The van der Waals surface area contributed by atoms with Crippen LogP contribution >= 0.6 is 0 Å². The Labute approximate surface area is 83.4 Å². The number of alkyl carbamates (subject to hydrolysis) is 1. The van der Waals surface area contributed by atoms with Crippen molar-refractivity contribution in [2.75, 3.05) is 6.61 Å². The normalized spacial score (nSPS) is 12.3. The van der Waals surface area contributed by atoms with Crippen molar-refractivity contribution < 1.29 is 19.4 Å². The summed E-state index contributed by atoms with van der Waals surface area (Å²) in [6.45, 7) is 5.67. The van der Waals surface area contributed by atoms with Gasteiger partial charge in [0.15, 0.2) is 0 Å². The lowest BCUT2D eigenvalue weighted by Crippen LogP contribution is -2.40. The van der Waals surface area contributed by atoms with Gasteiger partial charge < -0.3 is 15.2 Å². The summed E-state index contributed by atoms with van der Waals surface area (Å²) >= 11 is 0. The van der Waals surface area contributed by atoms with Crippen molar-refractivity contribution in [3.05, 3.63) is 0 Å². The first-order chi connectivity index (χ1) is 6.47. The molecule has 0 fully saturated rings. The molecule has 0 spiro atoms. The molecule has 1 atom stereocenters. The molecular weight excluding hydrogens is 186 g/mol. The summed E-state index contributed by atoms with van der Waals surface area (Å²) in [4.78, 5) is 21.5. The quantitative estimate of drug-likeness (QED) is 0.704. The molecule has 0 rings (SSSR count). The van der Waals surface area contributed by atoms with Gasteiger partial charge in [0.05, 0.1) is 13.0 Å². The SMILES string of the molecule is CCOC(=O)NC(CC(=O)O)C(C)C. The Morgan fingerprint density at radius 2 is 2.00 bits per heavy atom. The third kappa shape index (κ3) is 5.40. The second-order valence-corrected chi connectivity index (χ2v) is 3.31. The van der Waals surface area contributed by atoms with E-state index in [2.05, 4.69) is 10.1 Å². The molecule has 0 aliphatic rings. The molecule has 0 aromatic rings. The standard InChI is InChI=1S/C9H17NO4/c1-4-14-9(13)10-7(6(2)3)5-8(11)12/h6-7H,4-5H2,1-3H3,(H,10,13)(H,11,12). The summed E-state index contributed by atoms with van der Waals surface area (Å²) < 4.78 is 4.66. The monoisotopic (exact) mass is 203 g/mol. The van der Waals surface area contributed by atoms with Crippen molar-refractivity contribution in [1.29, 1.82) is 0 Å². The predicted molar refractivity (Wildman–Crippen MR) is 51.0 cm³/mol. The molecule has 1 unspecified atom stereocenters. The van der Waals surface area contributed by atoms with Gasteiger partial charge in [-0.25, -0.2) is 4.79 Å². The smallest absolute Gasteiger partial charge is 0.407 e. The summed E-state index contributed by atoms with van der Waals surface area (Å²) in [7, 11) is 0. The number of nitrogens with one attached hydrogen (secondary N) is 1. The van der Waals surface area contributed by atoms with Crippen LogP contribution in [0.4, 0.5) is 4.79 Å². The van der Waals surface area contributed by atoms with Crippen LogP contribution in [0.25, 0.3) is 0 Å². The number of carboxylic acid groups (broad SMARTS) is 1. The summed E-state index contributed by atoms with van der Waals surface area (Å²) in [6.07, 6.45) is -0.649. The molecule has 0 aliphatic carbocycles. The van der Waals surface area contributed by atoms with E-state index in [1.54, 1.807) is 6.92 Å². The Morgan fingerprint density at radius 1 is 1.43 bits per heavy atom. The highest BCUT2D eigenvalue weighted by molar-refractivity contribution is 5.71. The number of carboxylic acids is 1. The van der Waals surface area contributed by atoms with Crippen LogP contribution in [0.5, 0.6) is 0 Å². The maximum Gasteiger partial charge on any atom is 0.407 e. The fourth-order valence-electron chi connectivity index (χ4n) is 0.966. The van der Waals surface area contributed by atoms with Crippen molar-refractivity contribution in [2.24, 2.45) is 5.92 Å². The second-order valence-electron chi connectivity index (χ2n) is 3.31. The zero-order chi connectivity index (χ0) is 11.1. The van der Waals surface area contributed by atoms with Crippen LogP contribution in [0.15, 0.2) is 0 Å². The molecule has 14 heavy (non-hydrogen) atoms. The summed E-state index contributed by atoms with van der Waals surface area (Å²) in [5, 5.41) is 11.1. The maximum atomic E-state index is 11.0. The van der Waals surface area contributed by atoms with Crippen molar-refractivity contribution in [1.82, 2.24) is 5.32 Å². The number of aliphatic carboxylic acids is 1. The molecule has 0 aliphatic heterocycles. The Bertz CT molecular complexity index is 203. The third-order valence-electron chi connectivity index (χ3n) is 1.78. The van der Waals surface area contributed by atoms with Gasteiger partial charge in [0.2, 0.25) is 0 Å². The van der Waals surface area contributed by atoms with Gasteiger partial charge in [0, 0.05) is 6.04 Å². The van der Waals surface area contributed by atoms with Crippen LogP contribution in [0.1, 0.15) is 27.2 Å². The minimum Gasteiger partial charge on any atom is -0.481 e. The molecule has 1 amide bonds. The van der Waals surface area contributed by atoms with Crippen LogP contribution in [0.2, 0.25) is 0 Å². The van der Waals surface area contributed by atoms with E-state index in [0.717, 1.165) is 0 Å². The number of hydrogen-bond donors (Lipinski definition) is 2. The van der Waals surface area contributed by atoms with E-state index in [0.29, 0.717) is 0 Å². The first-order valence-electron chi connectivity index (χ1n) is 4.62. The highest BCUT2D eigenvalue weighted by Gasteiger charge is 2.19. The molecular formula is C9H17NO4. The number of rotatable bonds is 5. The third-order valence-corrected chi connectivity index (χ3v) is 1.78. The second kappa shape index (κ2) is 6.23. The van der Waals surface area contributed by atoms with E-state index in [1.165, 1.54) is 0 Å². The summed E-state index contributed by atoms with van der Waals surface area (Å²) in [6, 6.07) is -0.383. The summed E-state index contributed by atoms with van der Waals surface area (Å²) in [5.74, 6) is -0.865. The van der Waals surface area contributed by atoms with E-state index >= 15 is 0 Å². The molecule has 0 aromatic carbocycles. The van der Waals surface area contributed by atoms with Crippen LogP contribution in [-0.2, 0) is 9.53 Å². The first kappa shape index (κ1) is 12.7. The van der Waals surface area contributed by atoms with Gasteiger partial charge in [-0.2, -0.15) is 0 Å². The lowest BCUT2D eigenvalue weighted by molar-refractivity contribution is -0.137. The van der Waals surface area contributed by atoms with Gasteiger partial charge in [-0.3, -0.25) is 4.79 Å².